The molecule has 250 valence electrons. The molecule has 0 spiro atoms. The van der Waals surface area contributed by atoms with Crippen LogP contribution in [0.2, 0.25) is 0 Å². The Kier molecular flexibility index (Phi) is 15.7. The molecular formula is C45H48Cl2Ti-4. The van der Waals surface area contributed by atoms with Gasteiger partial charge in [0.05, 0.1) is 0 Å². The molecule has 0 aromatic heterocycles. The Morgan fingerprint density at radius 1 is 0.542 bits per heavy atom. The first kappa shape index (κ1) is 39.8. The van der Waals surface area contributed by atoms with Crippen LogP contribution >= 0.6 is 0 Å². The van der Waals surface area contributed by atoms with Crippen LogP contribution in [0.15, 0.2) is 109 Å². The zero-order chi connectivity index (χ0) is 31.2. The molecule has 8 rings (SSSR count). The van der Waals surface area contributed by atoms with E-state index in [9.17, 15) is 0 Å². The predicted octanol–water partition coefficient (Wildman–Crippen LogP) is 7.43. The van der Waals surface area contributed by atoms with Gasteiger partial charge in [-0.15, -0.1) is 69.1 Å². The van der Waals surface area contributed by atoms with Gasteiger partial charge in [-0.25, -0.2) is 0 Å². The van der Waals surface area contributed by atoms with E-state index in [0.29, 0.717) is 0 Å². The largest absolute Gasteiger partial charge is 2.00 e. The number of halogens is 2. The van der Waals surface area contributed by atoms with Crippen molar-refractivity contribution in [2.75, 3.05) is 0 Å². The molecule has 2 aliphatic rings. The van der Waals surface area contributed by atoms with E-state index in [1.807, 2.05) is 0 Å². The predicted molar refractivity (Wildman–Crippen MR) is 197 cm³/mol. The third kappa shape index (κ3) is 9.34. The van der Waals surface area contributed by atoms with Crippen LogP contribution in [0.4, 0.5) is 0 Å². The minimum absolute atomic E-state index is 0. The number of benzene rings is 4. The topological polar surface area (TPSA) is 0 Å². The van der Waals surface area contributed by atoms with Crippen LogP contribution in [-0.4, -0.2) is 0 Å². The van der Waals surface area contributed by atoms with Gasteiger partial charge in [-0.2, -0.15) is 12.1 Å². The summed E-state index contributed by atoms with van der Waals surface area (Å²) in [6.07, 6.45) is 11.8. The van der Waals surface area contributed by atoms with E-state index in [0.717, 1.165) is 18.3 Å². The summed E-state index contributed by atoms with van der Waals surface area (Å²) < 4.78 is 0. The quantitative estimate of drug-likeness (QED) is 0.132. The van der Waals surface area contributed by atoms with Gasteiger partial charge >= 0.3 is 21.7 Å². The van der Waals surface area contributed by atoms with Gasteiger partial charge in [0.15, 0.2) is 0 Å². The minimum Gasteiger partial charge on any atom is -1.00 e. The summed E-state index contributed by atoms with van der Waals surface area (Å²) in [5.41, 5.74) is 11.2. The van der Waals surface area contributed by atoms with Gasteiger partial charge in [0, 0.05) is 0 Å². The Morgan fingerprint density at radius 2 is 0.875 bits per heavy atom. The molecule has 6 aromatic rings. The van der Waals surface area contributed by atoms with Crippen LogP contribution in [0, 0.1) is 27.7 Å². The average Bonchev–Trinajstić information content (AvgIpc) is 3.88. The Labute approximate surface area is 317 Å². The van der Waals surface area contributed by atoms with Gasteiger partial charge in [-0.05, 0) is 62.5 Å². The second kappa shape index (κ2) is 19.0. The molecule has 0 nitrogen and oxygen atoms in total. The van der Waals surface area contributed by atoms with E-state index in [2.05, 4.69) is 137 Å². The molecule has 2 aliphatic carbocycles. The summed E-state index contributed by atoms with van der Waals surface area (Å²) in [5.74, 6) is 1.59. The van der Waals surface area contributed by atoms with E-state index in [1.165, 1.54) is 106 Å². The van der Waals surface area contributed by atoms with Crippen LogP contribution in [-0.2, 0) is 21.7 Å². The molecule has 0 unspecified atom stereocenters. The monoisotopic (exact) mass is 706 g/mol. The molecular weight excluding hydrogens is 659 g/mol. The molecule has 0 atom stereocenters. The third-order valence-corrected chi connectivity index (χ3v) is 9.92. The second-order valence-electron chi connectivity index (χ2n) is 13.2. The van der Waals surface area contributed by atoms with Crippen molar-refractivity contribution in [1.29, 1.82) is 0 Å². The van der Waals surface area contributed by atoms with Crippen molar-refractivity contribution in [2.24, 2.45) is 0 Å². The summed E-state index contributed by atoms with van der Waals surface area (Å²) in [6, 6.07) is 40.9. The maximum absolute atomic E-state index is 3.38. The van der Waals surface area contributed by atoms with Crippen molar-refractivity contribution in [2.45, 2.75) is 83.5 Å². The fourth-order valence-electron chi connectivity index (χ4n) is 7.48. The van der Waals surface area contributed by atoms with E-state index in [1.54, 1.807) is 11.1 Å². The van der Waals surface area contributed by atoms with Crippen molar-refractivity contribution < 1.29 is 46.5 Å². The number of hydrogen-bond acceptors (Lipinski definition) is 0. The Balaban J connectivity index is 0.000000228. The average molecular weight is 708 g/mol. The molecule has 3 heteroatoms. The molecule has 0 amide bonds. The number of hydrogen-bond donors (Lipinski definition) is 0. The standard InChI is InChI=1S/2C21H21.C3H6.2ClH.Ti/c2*1-15-9-11-17(12-10-15)20-8-4-7-18-13-19(14-21(18)20)16-5-2-3-6-16;1-3-2;;;/h2*4,7-14,16H,2-3,5-6H2,1H3;1-3H2;2*1H;/q2*-1;-2;;;+2/p-2. The van der Waals surface area contributed by atoms with Gasteiger partial charge in [0.2, 0.25) is 0 Å². The van der Waals surface area contributed by atoms with Crippen LogP contribution in [0.3, 0.4) is 0 Å². The first-order chi connectivity index (χ1) is 22.0. The van der Waals surface area contributed by atoms with Gasteiger partial charge in [-0.1, -0.05) is 109 Å². The normalized spacial score (nSPS) is 14.2. The Morgan fingerprint density at radius 3 is 1.21 bits per heavy atom. The maximum atomic E-state index is 3.38. The summed E-state index contributed by atoms with van der Waals surface area (Å²) in [6.45, 7) is 11.0. The summed E-state index contributed by atoms with van der Waals surface area (Å²) >= 11 is 0. The molecule has 0 saturated heterocycles. The molecule has 6 aromatic carbocycles. The van der Waals surface area contributed by atoms with Crippen LogP contribution in [0.5, 0.6) is 0 Å². The second-order valence-corrected chi connectivity index (χ2v) is 13.2. The van der Waals surface area contributed by atoms with Crippen molar-refractivity contribution >= 4 is 21.5 Å². The first-order valence-corrected chi connectivity index (χ1v) is 17.2. The molecule has 0 radical (unpaired) electrons. The summed E-state index contributed by atoms with van der Waals surface area (Å²) in [7, 11) is 0. The molecule has 2 saturated carbocycles. The summed E-state index contributed by atoms with van der Waals surface area (Å²) in [4.78, 5) is 0. The zero-order valence-electron chi connectivity index (χ0n) is 28.6. The van der Waals surface area contributed by atoms with E-state index < -0.39 is 0 Å². The fourth-order valence-corrected chi connectivity index (χ4v) is 7.48. The van der Waals surface area contributed by atoms with Crippen LogP contribution in [0.25, 0.3) is 43.8 Å². The molecule has 0 aliphatic heterocycles. The maximum Gasteiger partial charge on any atom is 2.00 e. The molecule has 0 heterocycles. The molecule has 2 fully saturated rings. The third-order valence-electron chi connectivity index (χ3n) is 9.92. The smallest absolute Gasteiger partial charge is 1.00 e. The number of aryl methyl sites for hydroxylation is 2. The molecule has 48 heavy (non-hydrogen) atoms. The number of rotatable bonds is 4. The van der Waals surface area contributed by atoms with Crippen molar-refractivity contribution in [3.8, 4) is 22.3 Å². The van der Waals surface area contributed by atoms with Crippen molar-refractivity contribution in [3.05, 3.63) is 145 Å². The van der Waals surface area contributed by atoms with Crippen LogP contribution < -0.4 is 24.8 Å². The Hall–Kier alpha value is -2.61. The Bertz CT molecular complexity index is 1680. The van der Waals surface area contributed by atoms with Crippen molar-refractivity contribution in [1.82, 2.24) is 0 Å². The van der Waals surface area contributed by atoms with Crippen LogP contribution in [0.1, 0.15) is 91.9 Å². The van der Waals surface area contributed by atoms with Gasteiger partial charge in [0.25, 0.3) is 0 Å². The van der Waals surface area contributed by atoms with Crippen molar-refractivity contribution in [3.63, 3.8) is 0 Å². The fraction of sp³-hybridized carbons (Fsp3) is 0.289. The van der Waals surface area contributed by atoms with E-state index >= 15 is 0 Å². The van der Waals surface area contributed by atoms with Gasteiger partial charge < -0.3 is 45.1 Å². The summed E-state index contributed by atoms with van der Waals surface area (Å²) in [5, 5.41) is 5.64. The molecule has 0 bridgehead atoms. The van der Waals surface area contributed by atoms with Gasteiger partial charge in [-0.3, -0.25) is 0 Å². The first-order valence-electron chi connectivity index (χ1n) is 17.2. The minimum atomic E-state index is 0. The van der Waals surface area contributed by atoms with E-state index in [4.69, 9.17) is 0 Å². The SMILES string of the molecule is Cc1ccc(-c2cccc3[cH-]c(C4CCCC4)cc23)cc1.Cc1ccc(-c2cccc3[cH-]c(C4CCCC4)cc23)cc1.[CH2-]C[CH2-].[Cl-].[Cl-].[Ti+2]. The number of fused-ring (bicyclic) bond motifs is 2. The van der Waals surface area contributed by atoms with E-state index in [-0.39, 0.29) is 46.5 Å². The molecule has 0 N–H and O–H groups in total. The van der Waals surface area contributed by atoms with Gasteiger partial charge in [0.1, 0.15) is 0 Å². The zero-order valence-corrected chi connectivity index (χ0v) is 31.7.